The number of aliphatic hydroxyl groups excluding tert-OH is 1. The lowest BCUT2D eigenvalue weighted by Crippen LogP contribution is -2.39. The first-order chi connectivity index (χ1) is 21.1. The van der Waals surface area contributed by atoms with Gasteiger partial charge in [0.25, 0.3) is 5.56 Å². The van der Waals surface area contributed by atoms with E-state index in [0.29, 0.717) is 11.1 Å². The topological polar surface area (TPSA) is 118 Å². The molecule has 0 radical (unpaired) electrons. The Morgan fingerprint density at radius 1 is 0.955 bits per heavy atom. The van der Waals surface area contributed by atoms with E-state index >= 15 is 8.78 Å². The van der Waals surface area contributed by atoms with Gasteiger partial charge < -0.3 is 14.6 Å². The van der Waals surface area contributed by atoms with Crippen LogP contribution in [0.15, 0.2) is 88.5 Å². The number of imidazole rings is 1. The van der Waals surface area contributed by atoms with E-state index in [9.17, 15) is 23.9 Å². The highest BCUT2D eigenvalue weighted by molar-refractivity contribution is 5.79. The molecule has 1 N–H and O–H groups in total. The molecule has 0 atom stereocenters. The van der Waals surface area contributed by atoms with Gasteiger partial charge in [0.15, 0.2) is 11.2 Å². The van der Waals surface area contributed by atoms with Crippen molar-refractivity contribution in [3.63, 3.8) is 0 Å². The van der Waals surface area contributed by atoms with Gasteiger partial charge in [-0.3, -0.25) is 18.5 Å². The number of carbonyl (C=O) groups excluding carboxylic acids is 1. The van der Waals surface area contributed by atoms with E-state index in [0.717, 1.165) is 21.3 Å². The van der Waals surface area contributed by atoms with Gasteiger partial charge in [0.1, 0.15) is 18.2 Å². The highest BCUT2D eigenvalue weighted by Crippen LogP contribution is 2.34. The number of ether oxygens (including phenoxy) is 2. The zero-order chi connectivity index (χ0) is 31.4. The Bertz CT molecular complexity index is 1920. The van der Waals surface area contributed by atoms with Gasteiger partial charge in [-0.05, 0) is 41.8 Å². The number of hydrogen-bond acceptors (Lipinski definition) is 7. The molecule has 0 aliphatic heterocycles. The lowest BCUT2D eigenvalue weighted by Gasteiger charge is -2.17. The number of alkyl halides is 2. The second-order valence-electron chi connectivity index (χ2n) is 9.92. The van der Waals surface area contributed by atoms with E-state index in [2.05, 4.69) is 4.98 Å². The summed E-state index contributed by atoms with van der Waals surface area (Å²) in [5.74, 6) is -6.39. The van der Waals surface area contributed by atoms with Gasteiger partial charge in [0.05, 0.1) is 6.54 Å². The van der Waals surface area contributed by atoms with Gasteiger partial charge in [-0.15, -0.1) is 0 Å². The molecule has 0 saturated heterocycles. The maximum absolute atomic E-state index is 15.2. The van der Waals surface area contributed by atoms with Crippen molar-refractivity contribution in [2.45, 2.75) is 32.0 Å². The molecule has 0 bridgehead atoms. The smallest absolute Gasteiger partial charge is 0.382 e. The van der Waals surface area contributed by atoms with Crippen LogP contribution in [-0.2, 0) is 42.2 Å². The molecule has 5 rings (SSSR count). The predicted octanol–water partition coefficient (Wildman–Crippen LogP) is 4.09. The predicted molar refractivity (Wildman–Crippen MR) is 153 cm³/mol. The van der Waals surface area contributed by atoms with Gasteiger partial charge in [-0.25, -0.2) is 14.0 Å². The fourth-order valence-corrected chi connectivity index (χ4v) is 4.57. The maximum atomic E-state index is 15.2. The lowest BCUT2D eigenvalue weighted by atomic mass is 10.1. The average Bonchev–Trinajstić information content (AvgIpc) is 3.38. The van der Waals surface area contributed by atoms with E-state index in [1.807, 2.05) is 0 Å². The summed E-state index contributed by atoms with van der Waals surface area (Å²) in [6.07, 6.45) is 0.144. The summed E-state index contributed by atoms with van der Waals surface area (Å²) in [6.45, 7) is -0.709. The van der Waals surface area contributed by atoms with Crippen LogP contribution in [0.4, 0.5) is 13.2 Å². The Hall–Kier alpha value is -5.17. The van der Waals surface area contributed by atoms with Crippen molar-refractivity contribution < 1.29 is 32.5 Å². The molecule has 0 unspecified atom stereocenters. The van der Waals surface area contributed by atoms with Crippen molar-refractivity contribution in [2.75, 3.05) is 6.61 Å². The first-order valence-corrected chi connectivity index (χ1v) is 13.5. The van der Waals surface area contributed by atoms with E-state index < -0.39 is 34.5 Å². The number of carbonyl (C=O) groups is 1. The molecule has 10 nitrogen and oxygen atoms in total. The van der Waals surface area contributed by atoms with Crippen LogP contribution in [0.1, 0.15) is 23.1 Å². The number of aryl methyl sites for hydroxylation is 1. The summed E-state index contributed by atoms with van der Waals surface area (Å²) in [6, 6.07) is 18.2. The second kappa shape index (κ2) is 12.6. The van der Waals surface area contributed by atoms with Crippen LogP contribution in [0.2, 0.25) is 0 Å². The van der Waals surface area contributed by atoms with Crippen molar-refractivity contribution in [3.05, 3.63) is 122 Å². The number of aromatic nitrogens is 4. The summed E-state index contributed by atoms with van der Waals surface area (Å²) in [7, 11) is 1.40. The van der Waals surface area contributed by atoms with E-state index in [-0.39, 0.29) is 55.6 Å². The Morgan fingerprint density at radius 3 is 2.39 bits per heavy atom. The SMILES string of the molecule is Cn1c(=O)n(CCCO)c(=O)c2c1nc(Oc1cccc(C(F)(F)C(=O)OCc3ccccc3)c1)n2Cc1ccc(F)cc1. The van der Waals surface area contributed by atoms with Crippen LogP contribution in [0, 0.1) is 5.82 Å². The number of esters is 1. The molecule has 2 aromatic heterocycles. The molecule has 0 aliphatic carbocycles. The molecule has 0 spiro atoms. The lowest BCUT2D eigenvalue weighted by molar-refractivity contribution is -0.175. The fraction of sp³-hybridized carbons (Fsp3) is 0.226. The van der Waals surface area contributed by atoms with Crippen LogP contribution < -0.4 is 16.0 Å². The summed E-state index contributed by atoms with van der Waals surface area (Å²) >= 11 is 0. The first kappa shape index (κ1) is 30.3. The molecule has 13 heteroatoms. The number of nitrogens with zero attached hydrogens (tertiary/aromatic N) is 4. The molecule has 5 aromatic rings. The minimum atomic E-state index is -4.02. The fourth-order valence-electron chi connectivity index (χ4n) is 4.57. The van der Waals surface area contributed by atoms with Crippen LogP contribution in [-0.4, -0.2) is 36.4 Å². The number of hydrogen-bond donors (Lipinski definition) is 1. The molecule has 2 heterocycles. The van der Waals surface area contributed by atoms with Crippen LogP contribution in [0.3, 0.4) is 0 Å². The maximum Gasteiger partial charge on any atom is 0.382 e. The molecule has 0 amide bonds. The van der Waals surface area contributed by atoms with Crippen molar-refractivity contribution in [2.24, 2.45) is 7.05 Å². The van der Waals surface area contributed by atoms with Gasteiger partial charge in [0, 0.05) is 25.8 Å². The number of benzene rings is 3. The molecule has 3 aromatic carbocycles. The molecule has 0 fully saturated rings. The molecule has 228 valence electrons. The van der Waals surface area contributed by atoms with Crippen molar-refractivity contribution in [1.29, 1.82) is 0 Å². The largest absolute Gasteiger partial charge is 0.456 e. The standard InChI is InChI=1S/C31H27F3N4O6/c1-36-26-25(27(40)37(30(36)42)15-6-16-39)38(18-20-11-13-23(32)14-12-20)29(35-26)44-24-10-5-9-22(17-24)31(33,34)28(41)43-19-21-7-3-2-4-8-21/h2-5,7-14,17,39H,6,15-16,18-19H2,1H3. The summed E-state index contributed by atoms with van der Waals surface area (Å²) in [4.78, 5) is 43.2. The summed E-state index contributed by atoms with van der Waals surface area (Å²) in [5.41, 5.74) is -1.07. The van der Waals surface area contributed by atoms with Gasteiger partial charge >= 0.3 is 23.6 Å². The number of fused-ring (bicyclic) bond motifs is 1. The second-order valence-corrected chi connectivity index (χ2v) is 9.92. The third-order valence-electron chi connectivity index (χ3n) is 6.87. The average molecular weight is 609 g/mol. The van der Waals surface area contributed by atoms with Gasteiger partial charge in [-0.2, -0.15) is 13.8 Å². The molecular formula is C31H27F3N4O6. The zero-order valence-electron chi connectivity index (χ0n) is 23.5. The zero-order valence-corrected chi connectivity index (χ0v) is 23.5. The minimum Gasteiger partial charge on any atom is -0.456 e. The molecular weight excluding hydrogens is 581 g/mol. The third kappa shape index (κ3) is 6.13. The Balaban J connectivity index is 1.53. The Labute approximate surface area is 248 Å². The van der Waals surface area contributed by atoms with E-state index in [1.54, 1.807) is 30.3 Å². The summed E-state index contributed by atoms with van der Waals surface area (Å²) in [5, 5.41) is 9.25. The van der Waals surface area contributed by atoms with Crippen LogP contribution in [0.25, 0.3) is 11.2 Å². The normalized spacial score (nSPS) is 11.6. The van der Waals surface area contributed by atoms with Gasteiger partial charge in [-0.1, -0.05) is 54.6 Å². The Kier molecular flexibility index (Phi) is 8.67. The number of halogens is 3. The van der Waals surface area contributed by atoms with E-state index in [1.165, 1.54) is 48.0 Å². The monoisotopic (exact) mass is 608 g/mol. The van der Waals surface area contributed by atoms with Crippen LogP contribution >= 0.6 is 0 Å². The quantitative estimate of drug-likeness (QED) is 0.225. The Morgan fingerprint density at radius 2 is 1.68 bits per heavy atom. The first-order valence-electron chi connectivity index (χ1n) is 13.5. The molecule has 0 saturated carbocycles. The molecule has 0 aliphatic rings. The minimum absolute atomic E-state index is 0.0321. The van der Waals surface area contributed by atoms with Crippen molar-refractivity contribution in [1.82, 2.24) is 18.7 Å². The van der Waals surface area contributed by atoms with Crippen LogP contribution in [0.5, 0.6) is 11.8 Å². The van der Waals surface area contributed by atoms with E-state index in [4.69, 9.17) is 9.47 Å². The summed E-state index contributed by atoms with van der Waals surface area (Å²) < 4.78 is 58.1. The number of aliphatic hydroxyl groups is 1. The highest BCUT2D eigenvalue weighted by atomic mass is 19.3. The molecule has 44 heavy (non-hydrogen) atoms. The highest BCUT2D eigenvalue weighted by Gasteiger charge is 2.43. The van der Waals surface area contributed by atoms with Crippen molar-refractivity contribution >= 4 is 17.1 Å². The van der Waals surface area contributed by atoms with Crippen molar-refractivity contribution in [3.8, 4) is 11.8 Å². The number of rotatable bonds is 11. The van der Waals surface area contributed by atoms with Gasteiger partial charge in [0.2, 0.25) is 0 Å². The third-order valence-corrected chi connectivity index (χ3v) is 6.87.